The van der Waals surface area contributed by atoms with Gasteiger partial charge in [-0.2, -0.15) is 0 Å². The SMILES string of the molecule is CC1CCCN(Cc2ccccc2CNC2=NCCN2C)C1.I. The molecule has 1 saturated heterocycles. The van der Waals surface area contributed by atoms with E-state index in [-0.39, 0.29) is 24.0 Å². The lowest BCUT2D eigenvalue weighted by Gasteiger charge is -2.31. The number of likely N-dealkylation sites (tertiary alicyclic amines) is 1. The van der Waals surface area contributed by atoms with Crippen molar-refractivity contribution in [3.63, 3.8) is 0 Å². The summed E-state index contributed by atoms with van der Waals surface area (Å²) in [6.07, 6.45) is 2.72. The molecule has 2 aliphatic rings. The number of nitrogens with one attached hydrogen (secondary N) is 1. The van der Waals surface area contributed by atoms with E-state index in [2.05, 4.69) is 58.3 Å². The first kappa shape index (κ1) is 18.5. The van der Waals surface area contributed by atoms with E-state index in [0.717, 1.165) is 38.1 Å². The fourth-order valence-electron chi connectivity index (χ4n) is 3.45. The monoisotopic (exact) mass is 428 g/mol. The lowest BCUT2D eigenvalue weighted by Crippen LogP contribution is -2.36. The lowest BCUT2D eigenvalue weighted by molar-refractivity contribution is 0.176. The summed E-state index contributed by atoms with van der Waals surface area (Å²) in [5, 5.41) is 3.49. The van der Waals surface area contributed by atoms with Crippen LogP contribution in [0.5, 0.6) is 0 Å². The molecule has 1 N–H and O–H groups in total. The van der Waals surface area contributed by atoms with Crippen molar-refractivity contribution in [2.75, 3.05) is 33.2 Å². The number of aliphatic imine (C=N–C) groups is 1. The molecule has 4 nitrogen and oxygen atoms in total. The third-order valence-electron chi connectivity index (χ3n) is 4.75. The van der Waals surface area contributed by atoms with Crippen molar-refractivity contribution in [3.05, 3.63) is 35.4 Å². The third kappa shape index (κ3) is 5.08. The summed E-state index contributed by atoms with van der Waals surface area (Å²) in [5.74, 6) is 1.86. The van der Waals surface area contributed by atoms with Crippen molar-refractivity contribution in [2.45, 2.75) is 32.9 Å². The van der Waals surface area contributed by atoms with E-state index in [1.807, 2.05) is 0 Å². The molecular weight excluding hydrogens is 399 g/mol. The molecule has 0 amide bonds. The molecule has 0 radical (unpaired) electrons. The topological polar surface area (TPSA) is 30.9 Å². The molecule has 1 unspecified atom stereocenters. The number of benzene rings is 1. The molecule has 2 aliphatic heterocycles. The standard InChI is InChI=1S/C18H28N4.HI/c1-15-6-5-10-22(13-15)14-17-8-4-3-7-16(17)12-20-18-19-9-11-21(18)2;/h3-4,7-8,15H,5-6,9-14H2,1-2H3,(H,19,20);1H. The van der Waals surface area contributed by atoms with Gasteiger partial charge in [-0.3, -0.25) is 9.89 Å². The Hall–Kier alpha value is -0.820. The average molecular weight is 428 g/mol. The Labute approximate surface area is 157 Å². The normalized spacial score (nSPS) is 21.7. The third-order valence-corrected chi connectivity index (χ3v) is 4.75. The van der Waals surface area contributed by atoms with Crippen LogP contribution in [0.15, 0.2) is 29.3 Å². The van der Waals surface area contributed by atoms with Crippen LogP contribution >= 0.6 is 24.0 Å². The van der Waals surface area contributed by atoms with Gasteiger partial charge >= 0.3 is 0 Å². The predicted molar refractivity (Wildman–Crippen MR) is 107 cm³/mol. The fourth-order valence-corrected chi connectivity index (χ4v) is 3.45. The lowest BCUT2D eigenvalue weighted by atomic mass is 9.99. The number of likely N-dealkylation sites (N-methyl/N-ethyl adjacent to an activating group) is 1. The summed E-state index contributed by atoms with van der Waals surface area (Å²) >= 11 is 0. The number of hydrogen-bond acceptors (Lipinski definition) is 4. The van der Waals surface area contributed by atoms with Crippen LogP contribution in [0.2, 0.25) is 0 Å². The largest absolute Gasteiger partial charge is 0.352 e. The first-order valence-electron chi connectivity index (χ1n) is 8.51. The van der Waals surface area contributed by atoms with Crippen molar-refractivity contribution in [1.82, 2.24) is 15.1 Å². The molecule has 0 aromatic heterocycles. The van der Waals surface area contributed by atoms with E-state index in [0.29, 0.717) is 0 Å². The number of nitrogens with zero attached hydrogens (tertiary/aromatic N) is 3. The quantitative estimate of drug-likeness (QED) is 0.749. The van der Waals surface area contributed by atoms with Crippen molar-refractivity contribution in [1.29, 1.82) is 0 Å². The van der Waals surface area contributed by atoms with E-state index in [4.69, 9.17) is 0 Å². The highest BCUT2D eigenvalue weighted by atomic mass is 127. The van der Waals surface area contributed by atoms with Crippen LogP contribution in [0.1, 0.15) is 30.9 Å². The van der Waals surface area contributed by atoms with Crippen LogP contribution in [0.3, 0.4) is 0 Å². The highest BCUT2D eigenvalue weighted by Crippen LogP contribution is 2.19. The second-order valence-electron chi connectivity index (χ2n) is 6.73. The first-order chi connectivity index (χ1) is 10.7. The van der Waals surface area contributed by atoms with Gasteiger partial charge in [0.05, 0.1) is 6.54 Å². The summed E-state index contributed by atoms with van der Waals surface area (Å²) in [4.78, 5) is 9.30. The van der Waals surface area contributed by atoms with Gasteiger partial charge in [-0.15, -0.1) is 24.0 Å². The zero-order chi connectivity index (χ0) is 15.4. The molecule has 0 spiro atoms. The van der Waals surface area contributed by atoms with Crippen molar-refractivity contribution >= 4 is 29.9 Å². The zero-order valence-electron chi connectivity index (χ0n) is 14.3. The van der Waals surface area contributed by atoms with E-state index in [9.17, 15) is 0 Å². The van der Waals surface area contributed by atoms with Crippen LogP contribution in [0, 0.1) is 5.92 Å². The molecule has 23 heavy (non-hydrogen) atoms. The van der Waals surface area contributed by atoms with E-state index >= 15 is 0 Å². The second-order valence-corrected chi connectivity index (χ2v) is 6.73. The molecule has 1 fully saturated rings. The smallest absolute Gasteiger partial charge is 0.194 e. The van der Waals surface area contributed by atoms with Crippen LogP contribution < -0.4 is 5.32 Å². The highest BCUT2D eigenvalue weighted by Gasteiger charge is 2.17. The summed E-state index contributed by atoms with van der Waals surface area (Å²) in [5.41, 5.74) is 2.84. The van der Waals surface area contributed by atoms with Gasteiger partial charge in [0.2, 0.25) is 0 Å². The maximum absolute atomic E-state index is 4.51. The van der Waals surface area contributed by atoms with Crippen LogP contribution in [0.4, 0.5) is 0 Å². The number of rotatable bonds is 4. The Morgan fingerprint density at radius 2 is 2.00 bits per heavy atom. The molecule has 1 aromatic carbocycles. The minimum absolute atomic E-state index is 0. The average Bonchev–Trinajstić information content (AvgIpc) is 2.92. The van der Waals surface area contributed by atoms with E-state index in [1.54, 1.807) is 0 Å². The van der Waals surface area contributed by atoms with Gasteiger partial charge in [-0.25, -0.2) is 0 Å². The molecule has 1 aromatic rings. The maximum atomic E-state index is 4.51. The predicted octanol–water partition coefficient (Wildman–Crippen LogP) is 2.93. The summed E-state index contributed by atoms with van der Waals surface area (Å²) in [6, 6.07) is 8.81. The van der Waals surface area contributed by atoms with Crippen molar-refractivity contribution < 1.29 is 0 Å². The van der Waals surface area contributed by atoms with Gasteiger partial charge in [0.25, 0.3) is 0 Å². The molecule has 2 heterocycles. The molecular formula is C18H29IN4. The van der Waals surface area contributed by atoms with Crippen molar-refractivity contribution in [2.24, 2.45) is 10.9 Å². The number of halogens is 1. The van der Waals surface area contributed by atoms with Crippen LogP contribution in [-0.4, -0.2) is 49.0 Å². The van der Waals surface area contributed by atoms with Gasteiger partial charge in [0, 0.05) is 33.2 Å². The van der Waals surface area contributed by atoms with Gasteiger partial charge in [-0.1, -0.05) is 31.2 Å². The maximum Gasteiger partial charge on any atom is 0.194 e. The van der Waals surface area contributed by atoms with Crippen LogP contribution in [0.25, 0.3) is 0 Å². The number of piperidine rings is 1. The Morgan fingerprint density at radius 1 is 1.22 bits per heavy atom. The minimum Gasteiger partial charge on any atom is -0.352 e. The first-order valence-corrected chi connectivity index (χ1v) is 8.51. The highest BCUT2D eigenvalue weighted by molar-refractivity contribution is 14.0. The molecule has 0 bridgehead atoms. The summed E-state index contributed by atoms with van der Waals surface area (Å²) in [7, 11) is 2.10. The number of hydrogen-bond donors (Lipinski definition) is 1. The second kappa shape index (κ2) is 8.87. The van der Waals surface area contributed by atoms with Crippen LogP contribution in [-0.2, 0) is 13.1 Å². The Morgan fingerprint density at radius 3 is 2.70 bits per heavy atom. The number of guanidine groups is 1. The molecule has 0 aliphatic carbocycles. The molecule has 0 saturated carbocycles. The Kier molecular flexibility index (Phi) is 7.14. The summed E-state index contributed by atoms with van der Waals surface area (Å²) < 4.78 is 0. The van der Waals surface area contributed by atoms with E-state index in [1.165, 1.54) is 37.1 Å². The Bertz CT molecular complexity index is 532. The van der Waals surface area contributed by atoms with Gasteiger partial charge in [0.15, 0.2) is 5.96 Å². The van der Waals surface area contributed by atoms with Crippen molar-refractivity contribution in [3.8, 4) is 0 Å². The fraction of sp³-hybridized carbons (Fsp3) is 0.611. The zero-order valence-corrected chi connectivity index (χ0v) is 16.6. The molecule has 1 atom stereocenters. The van der Waals surface area contributed by atoms with E-state index < -0.39 is 0 Å². The summed E-state index contributed by atoms with van der Waals surface area (Å²) in [6.45, 7) is 8.71. The molecule has 5 heteroatoms. The minimum atomic E-state index is 0. The van der Waals surface area contributed by atoms with Gasteiger partial charge < -0.3 is 10.2 Å². The molecule has 3 rings (SSSR count). The van der Waals surface area contributed by atoms with Gasteiger partial charge in [-0.05, 0) is 36.4 Å². The molecule has 128 valence electrons. The Balaban J connectivity index is 0.00000192. The van der Waals surface area contributed by atoms with Gasteiger partial charge in [0.1, 0.15) is 0 Å².